The summed E-state index contributed by atoms with van der Waals surface area (Å²) in [5.41, 5.74) is 4.53. The van der Waals surface area contributed by atoms with Crippen molar-refractivity contribution in [1.29, 1.82) is 0 Å². The van der Waals surface area contributed by atoms with E-state index < -0.39 is 17.9 Å². The monoisotopic (exact) mass is 351 g/mol. The van der Waals surface area contributed by atoms with E-state index in [2.05, 4.69) is 17.4 Å². The molecule has 0 spiro atoms. The lowest BCUT2D eigenvalue weighted by molar-refractivity contribution is -0.131. The molecule has 1 atom stereocenters. The Hall–Kier alpha value is -2.95. The summed E-state index contributed by atoms with van der Waals surface area (Å²) in [5, 5.41) is 2.50. The summed E-state index contributed by atoms with van der Waals surface area (Å²) < 4.78 is 5.40. The lowest BCUT2D eigenvalue weighted by Crippen LogP contribution is -2.45. The van der Waals surface area contributed by atoms with Crippen molar-refractivity contribution >= 4 is 18.2 Å². The first kappa shape index (κ1) is 17.9. The maximum Gasteiger partial charge on any atom is 0.407 e. The Morgan fingerprint density at radius 2 is 1.58 bits per heavy atom. The number of amides is 1. The highest BCUT2D eigenvalue weighted by atomic mass is 16.5. The third-order valence-electron chi connectivity index (χ3n) is 4.71. The van der Waals surface area contributed by atoms with Crippen molar-refractivity contribution in [2.45, 2.75) is 25.8 Å². The van der Waals surface area contributed by atoms with Crippen LogP contribution in [0.1, 0.15) is 30.9 Å². The van der Waals surface area contributed by atoms with Gasteiger partial charge in [0.05, 0.1) is 0 Å². The summed E-state index contributed by atoms with van der Waals surface area (Å²) in [5.74, 6) is -0.908. The average Bonchev–Trinajstić information content (AvgIpc) is 2.97. The predicted octanol–water partition coefficient (Wildman–Crippen LogP) is 3.32. The normalized spacial score (nSPS) is 13.7. The van der Waals surface area contributed by atoms with Crippen LogP contribution >= 0.6 is 0 Å². The maximum atomic E-state index is 12.2. The predicted molar refractivity (Wildman–Crippen MR) is 97.9 cm³/mol. The van der Waals surface area contributed by atoms with Gasteiger partial charge in [0.25, 0.3) is 0 Å². The fourth-order valence-corrected chi connectivity index (χ4v) is 3.41. The molecule has 0 saturated heterocycles. The molecule has 134 valence electrons. The molecule has 0 heterocycles. The number of nitrogens with one attached hydrogen (secondary N) is 1. The van der Waals surface area contributed by atoms with Gasteiger partial charge < -0.3 is 10.1 Å². The minimum Gasteiger partial charge on any atom is -0.449 e. The number of carbonyl (C=O) groups excluding carboxylic acids is 3. The van der Waals surface area contributed by atoms with Crippen LogP contribution < -0.4 is 5.32 Å². The topological polar surface area (TPSA) is 72.5 Å². The molecule has 2 aromatic carbocycles. The Bertz CT molecular complexity index is 798. The van der Waals surface area contributed by atoms with Crippen molar-refractivity contribution in [3.63, 3.8) is 0 Å². The lowest BCUT2D eigenvalue weighted by Gasteiger charge is -2.20. The molecule has 1 amide bonds. The van der Waals surface area contributed by atoms with Gasteiger partial charge in [-0.05, 0) is 28.2 Å². The molecule has 2 aromatic rings. The van der Waals surface area contributed by atoms with Crippen molar-refractivity contribution in [1.82, 2.24) is 5.32 Å². The number of aldehydes is 1. The second kappa shape index (κ2) is 7.52. The number of carbonyl (C=O) groups is 3. The van der Waals surface area contributed by atoms with E-state index in [1.54, 1.807) is 13.8 Å². The average molecular weight is 351 g/mol. The summed E-state index contributed by atoms with van der Waals surface area (Å²) >= 11 is 0. The van der Waals surface area contributed by atoms with E-state index in [9.17, 15) is 14.4 Å². The molecule has 5 nitrogen and oxygen atoms in total. The molecule has 1 aliphatic rings. The molecular formula is C21H21NO4. The van der Waals surface area contributed by atoms with Gasteiger partial charge in [-0.25, -0.2) is 4.79 Å². The third kappa shape index (κ3) is 3.38. The van der Waals surface area contributed by atoms with Crippen LogP contribution in [0.15, 0.2) is 48.5 Å². The van der Waals surface area contributed by atoms with E-state index >= 15 is 0 Å². The Morgan fingerprint density at radius 1 is 1.04 bits per heavy atom. The smallest absolute Gasteiger partial charge is 0.407 e. The fraction of sp³-hybridized carbons (Fsp3) is 0.286. The highest BCUT2D eigenvalue weighted by molar-refractivity contribution is 6.27. The summed E-state index contributed by atoms with van der Waals surface area (Å²) in [6, 6.07) is 15.2. The first-order valence-corrected chi connectivity index (χ1v) is 8.63. The van der Waals surface area contributed by atoms with Gasteiger partial charge in [0.15, 0.2) is 6.29 Å². The zero-order valence-electron chi connectivity index (χ0n) is 14.8. The molecule has 0 unspecified atom stereocenters. The van der Waals surface area contributed by atoms with Gasteiger partial charge in [-0.15, -0.1) is 0 Å². The minimum absolute atomic E-state index is 0.0487. The second-order valence-corrected chi connectivity index (χ2v) is 6.71. The molecule has 0 radical (unpaired) electrons. The number of ketones is 1. The van der Waals surface area contributed by atoms with Gasteiger partial charge in [0, 0.05) is 5.92 Å². The third-order valence-corrected chi connectivity index (χ3v) is 4.71. The van der Waals surface area contributed by atoms with Gasteiger partial charge >= 0.3 is 6.09 Å². The summed E-state index contributed by atoms with van der Waals surface area (Å²) in [4.78, 5) is 34.5. The number of fused-ring (bicyclic) bond motifs is 3. The van der Waals surface area contributed by atoms with Crippen LogP contribution in [0.3, 0.4) is 0 Å². The van der Waals surface area contributed by atoms with Crippen LogP contribution in [0.4, 0.5) is 4.79 Å². The van der Waals surface area contributed by atoms with Crippen LogP contribution in [0.5, 0.6) is 0 Å². The fourth-order valence-electron chi connectivity index (χ4n) is 3.41. The van der Waals surface area contributed by atoms with Crippen molar-refractivity contribution in [3.05, 3.63) is 59.7 Å². The van der Waals surface area contributed by atoms with Crippen LogP contribution in [0.2, 0.25) is 0 Å². The van der Waals surface area contributed by atoms with E-state index in [1.807, 2.05) is 36.4 Å². The van der Waals surface area contributed by atoms with Crippen LogP contribution in [0, 0.1) is 5.92 Å². The molecule has 0 aliphatic heterocycles. The Kier molecular flexibility index (Phi) is 5.16. The minimum atomic E-state index is -0.872. The van der Waals surface area contributed by atoms with Crippen LogP contribution in [0.25, 0.3) is 11.1 Å². The number of ether oxygens (including phenoxy) is 1. The molecule has 0 fully saturated rings. The first-order valence-electron chi connectivity index (χ1n) is 8.63. The zero-order chi connectivity index (χ0) is 18.7. The van der Waals surface area contributed by atoms with Gasteiger partial charge in [-0.3, -0.25) is 9.59 Å². The summed E-state index contributed by atoms with van der Waals surface area (Å²) in [7, 11) is 0. The molecular weight excluding hydrogens is 330 g/mol. The van der Waals surface area contributed by atoms with Crippen molar-refractivity contribution in [2.75, 3.05) is 6.61 Å². The van der Waals surface area contributed by atoms with Crippen LogP contribution in [-0.4, -0.2) is 30.8 Å². The van der Waals surface area contributed by atoms with E-state index in [0.29, 0.717) is 0 Å². The number of hydrogen-bond acceptors (Lipinski definition) is 4. The SMILES string of the molecule is CC(C)[C@H](NC(=O)OCC1c2ccccc2-c2ccccc21)C(=O)C=O. The van der Waals surface area contributed by atoms with Crippen molar-refractivity contribution < 1.29 is 19.1 Å². The number of rotatable bonds is 6. The standard InChI is InChI=1S/C21H21NO4/c1-13(2)20(19(24)11-23)22-21(25)26-12-18-16-9-5-3-7-14(16)15-8-4-6-10-17(15)18/h3-11,13,18,20H,12H2,1-2H3,(H,22,25)/t20-/m0/s1. The molecule has 26 heavy (non-hydrogen) atoms. The summed E-state index contributed by atoms with van der Waals surface area (Å²) in [6.45, 7) is 3.69. The molecule has 1 N–H and O–H groups in total. The van der Waals surface area contributed by atoms with Gasteiger partial charge in [0.2, 0.25) is 5.78 Å². The maximum absolute atomic E-state index is 12.2. The van der Waals surface area contributed by atoms with Crippen LogP contribution in [-0.2, 0) is 14.3 Å². The Morgan fingerprint density at radius 3 is 2.08 bits per heavy atom. The zero-order valence-corrected chi connectivity index (χ0v) is 14.8. The summed E-state index contributed by atoms with van der Waals surface area (Å²) in [6.07, 6.45) is -0.463. The number of Topliss-reactive ketones (excluding diaryl/α,β-unsaturated/α-hetero) is 1. The second-order valence-electron chi connectivity index (χ2n) is 6.71. The quantitative estimate of drug-likeness (QED) is 0.640. The Balaban J connectivity index is 1.73. The van der Waals surface area contributed by atoms with E-state index in [4.69, 9.17) is 4.74 Å². The van der Waals surface area contributed by atoms with Gasteiger partial charge in [-0.1, -0.05) is 62.4 Å². The highest BCUT2D eigenvalue weighted by Crippen LogP contribution is 2.44. The first-order chi connectivity index (χ1) is 12.5. The molecule has 0 aromatic heterocycles. The van der Waals surface area contributed by atoms with E-state index in [0.717, 1.165) is 22.3 Å². The van der Waals surface area contributed by atoms with Gasteiger partial charge in [0.1, 0.15) is 12.6 Å². The molecule has 0 saturated carbocycles. The molecule has 5 heteroatoms. The number of alkyl carbamates (subject to hydrolysis) is 1. The number of benzene rings is 2. The van der Waals surface area contributed by atoms with E-state index in [1.165, 1.54) is 0 Å². The van der Waals surface area contributed by atoms with Crippen molar-refractivity contribution in [3.8, 4) is 11.1 Å². The number of hydrogen-bond donors (Lipinski definition) is 1. The highest BCUT2D eigenvalue weighted by Gasteiger charge is 2.30. The molecule has 1 aliphatic carbocycles. The van der Waals surface area contributed by atoms with Gasteiger partial charge in [-0.2, -0.15) is 0 Å². The largest absolute Gasteiger partial charge is 0.449 e. The lowest BCUT2D eigenvalue weighted by atomic mass is 9.98. The molecule has 3 rings (SSSR count). The molecule has 0 bridgehead atoms. The van der Waals surface area contributed by atoms with E-state index in [-0.39, 0.29) is 24.7 Å². The van der Waals surface area contributed by atoms with Crippen molar-refractivity contribution in [2.24, 2.45) is 5.92 Å². The Labute approximate surface area is 152 Å².